The number of hydrogen-bond donors (Lipinski definition) is 0. The van der Waals surface area contributed by atoms with Crippen molar-refractivity contribution < 1.29 is 22.8 Å². The molecule has 1 fully saturated rings. The third kappa shape index (κ3) is 5.97. The predicted octanol–water partition coefficient (Wildman–Crippen LogP) is 6.76. The third-order valence-corrected chi connectivity index (χ3v) is 7.54. The summed E-state index contributed by atoms with van der Waals surface area (Å²) in [6.07, 6.45) is 17.3. The maximum atomic E-state index is 13.4. The van der Waals surface area contributed by atoms with Crippen molar-refractivity contribution in [3.8, 4) is 0 Å². The van der Waals surface area contributed by atoms with Crippen LogP contribution in [0.15, 0.2) is 82.6 Å². The van der Waals surface area contributed by atoms with Crippen LogP contribution in [0.5, 0.6) is 0 Å². The molecule has 1 saturated heterocycles. The van der Waals surface area contributed by atoms with Crippen molar-refractivity contribution in [1.29, 1.82) is 0 Å². The summed E-state index contributed by atoms with van der Waals surface area (Å²) in [5, 5.41) is -0.261. The first-order valence-electron chi connectivity index (χ1n) is 12.0. The number of alkyl halides is 3. The fourth-order valence-corrected chi connectivity index (χ4v) is 5.58. The smallest absolute Gasteiger partial charge is 0.363 e. The molecule has 4 atom stereocenters. The Morgan fingerprint density at radius 1 is 1.11 bits per heavy atom. The molecular formula is C28H29ClF3NO2. The Morgan fingerprint density at radius 3 is 2.69 bits per heavy atom. The lowest BCUT2D eigenvalue weighted by Crippen LogP contribution is -2.50. The summed E-state index contributed by atoms with van der Waals surface area (Å²) in [4.78, 5) is 26.8. The third-order valence-electron chi connectivity index (χ3n) is 7.18. The van der Waals surface area contributed by atoms with Crippen LogP contribution >= 0.6 is 11.6 Å². The summed E-state index contributed by atoms with van der Waals surface area (Å²) >= 11 is 5.82. The molecule has 4 unspecified atom stereocenters. The van der Waals surface area contributed by atoms with Crippen molar-refractivity contribution >= 4 is 23.2 Å². The number of ketones is 2. The molecule has 1 aliphatic heterocycles. The Kier molecular flexibility index (Phi) is 7.70. The fraction of sp³-hybridized carbons (Fsp3) is 0.429. The summed E-state index contributed by atoms with van der Waals surface area (Å²) in [6, 6.07) is -0.249. The van der Waals surface area contributed by atoms with E-state index in [1.807, 2.05) is 30.1 Å². The second-order valence-electron chi connectivity index (χ2n) is 9.67. The molecule has 0 N–H and O–H groups in total. The van der Waals surface area contributed by atoms with Gasteiger partial charge in [-0.15, -0.1) is 0 Å². The Morgan fingerprint density at radius 2 is 1.91 bits per heavy atom. The second kappa shape index (κ2) is 10.6. The van der Waals surface area contributed by atoms with Gasteiger partial charge in [0.1, 0.15) is 0 Å². The zero-order valence-corrected chi connectivity index (χ0v) is 20.4. The van der Waals surface area contributed by atoms with Gasteiger partial charge in [0.25, 0.3) is 0 Å². The van der Waals surface area contributed by atoms with E-state index in [0.29, 0.717) is 19.3 Å². The first-order valence-corrected chi connectivity index (χ1v) is 12.4. The maximum Gasteiger partial charge on any atom is 0.417 e. The molecule has 35 heavy (non-hydrogen) atoms. The maximum absolute atomic E-state index is 13.4. The van der Waals surface area contributed by atoms with Crippen molar-refractivity contribution in [3.63, 3.8) is 0 Å². The van der Waals surface area contributed by atoms with Crippen LogP contribution in [0.25, 0.3) is 0 Å². The zero-order chi connectivity index (χ0) is 25.2. The number of Topliss-reactive ketones (excluding diaryl/α,β-unsaturated/α-hetero) is 2. The van der Waals surface area contributed by atoms with E-state index >= 15 is 0 Å². The number of hydrogen-bond acceptors (Lipinski definition) is 3. The molecule has 3 nitrogen and oxygen atoms in total. The number of allylic oxidation sites excluding steroid dienone is 14. The van der Waals surface area contributed by atoms with E-state index in [2.05, 4.69) is 30.4 Å². The number of halogens is 4. The van der Waals surface area contributed by atoms with Gasteiger partial charge in [0.05, 0.1) is 12.1 Å². The summed E-state index contributed by atoms with van der Waals surface area (Å²) in [6.45, 7) is 1.97. The Bertz CT molecular complexity index is 1090. The number of carbonyl (C=O) groups excluding carboxylic acids is 2. The number of nitrogens with zero attached hydrogens (tertiary/aromatic N) is 1. The molecule has 0 aromatic heterocycles. The molecule has 0 aromatic rings. The minimum atomic E-state index is -4.50. The van der Waals surface area contributed by atoms with Gasteiger partial charge in [-0.3, -0.25) is 9.59 Å². The van der Waals surface area contributed by atoms with Gasteiger partial charge >= 0.3 is 6.18 Å². The number of carbonyl (C=O) groups is 2. The lowest BCUT2D eigenvalue weighted by atomic mass is 9.80. The summed E-state index contributed by atoms with van der Waals surface area (Å²) in [5.41, 5.74) is 1.37. The monoisotopic (exact) mass is 503 g/mol. The van der Waals surface area contributed by atoms with Crippen LogP contribution in [0.1, 0.15) is 39.0 Å². The molecule has 0 saturated carbocycles. The number of piperidine rings is 1. The molecule has 1 heterocycles. The molecule has 186 valence electrons. The highest BCUT2D eigenvalue weighted by molar-refractivity contribution is 6.38. The van der Waals surface area contributed by atoms with Crippen LogP contribution in [0, 0.1) is 17.8 Å². The highest BCUT2D eigenvalue weighted by Gasteiger charge is 2.40. The molecule has 4 rings (SSSR count). The van der Waals surface area contributed by atoms with Crippen molar-refractivity contribution in [2.75, 3.05) is 6.54 Å². The Labute approximate surface area is 209 Å². The van der Waals surface area contributed by atoms with E-state index in [4.69, 9.17) is 11.6 Å². The van der Waals surface area contributed by atoms with Gasteiger partial charge in [0.2, 0.25) is 11.6 Å². The topological polar surface area (TPSA) is 37.4 Å². The molecule has 0 bridgehead atoms. The van der Waals surface area contributed by atoms with Gasteiger partial charge in [-0.25, -0.2) is 0 Å². The minimum absolute atomic E-state index is 0.00899. The van der Waals surface area contributed by atoms with Crippen LogP contribution in [0.2, 0.25) is 0 Å². The quantitative estimate of drug-likeness (QED) is 0.389. The van der Waals surface area contributed by atoms with Crippen LogP contribution in [-0.4, -0.2) is 35.2 Å². The predicted molar refractivity (Wildman–Crippen MR) is 131 cm³/mol. The highest BCUT2D eigenvalue weighted by Crippen LogP contribution is 2.40. The zero-order valence-electron chi connectivity index (χ0n) is 19.6. The standard InChI is InChI=1S/C28H29ClF3NO2/c1-18(13-19-11-12-24(29)23(14-19)28(30,31)32)25-16-26(34)27(35)17-33(25)22-10-6-9-21(15-22)20-7-4-2-3-5-8-20/h2,4-10,12,14,18-19,21,25H,3,11,13,15-17H2,1H3. The van der Waals surface area contributed by atoms with Crippen molar-refractivity contribution in [2.24, 2.45) is 17.8 Å². The molecular weight excluding hydrogens is 475 g/mol. The lowest BCUT2D eigenvalue weighted by molar-refractivity contribution is -0.141. The van der Waals surface area contributed by atoms with Crippen LogP contribution < -0.4 is 0 Å². The average Bonchev–Trinajstić information content (AvgIpc) is 3.11. The van der Waals surface area contributed by atoms with Gasteiger partial charge in [-0.2, -0.15) is 13.2 Å². The first kappa shape index (κ1) is 25.5. The van der Waals surface area contributed by atoms with E-state index in [1.165, 1.54) is 17.7 Å². The highest BCUT2D eigenvalue weighted by atomic mass is 35.5. The van der Waals surface area contributed by atoms with Crippen LogP contribution in [0.4, 0.5) is 13.2 Å². The summed E-state index contributed by atoms with van der Waals surface area (Å²) < 4.78 is 40.1. The van der Waals surface area contributed by atoms with Gasteiger partial charge in [-0.05, 0) is 49.2 Å². The van der Waals surface area contributed by atoms with Crippen LogP contribution in [-0.2, 0) is 9.59 Å². The molecule has 0 amide bonds. The molecule has 4 aliphatic rings. The Balaban J connectivity index is 1.52. The van der Waals surface area contributed by atoms with Crippen LogP contribution in [0.3, 0.4) is 0 Å². The van der Waals surface area contributed by atoms with Crippen molar-refractivity contribution in [3.05, 3.63) is 82.6 Å². The molecule has 7 heteroatoms. The number of rotatable bonds is 5. The second-order valence-corrected chi connectivity index (χ2v) is 10.1. The summed E-state index contributed by atoms with van der Waals surface area (Å²) in [7, 11) is 0. The van der Waals surface area contributed by atoms with Gasteiger partial charge in [0, 0.05) is 29.1 Å². The van der Waals surface area contributed by atoms with Crippen molar-refractivity contribution in [2.45, 2.75) is 51.2 Å². The molecule has 3 aliphatic carbocycles. The fourth-order valence-electron chi connectivity index (χ4n) is 5.32. The van der Waals surface area contributed by atoms with E-state index in [0.717, 1.165) is 12.1 Å². The van der Waals surface area contributed by atoms with E-state index in [1.54, 1.807) is 0 Å². The van der Waals surface area contributed by atoms with Gasteiger partial charge in [-0.1, -0.05) is 73.2 Å². The minimum Gasteiger partial charge on any atom is -0.363 e. The van der Waals surface area contributed by atoms with Gasteiger partial charge in [0.15, 0.2) is 0 Å². The first-order chi connectivity index (χ1) is 16.6. The summed E-state index contributed by atoms with van der Waals surface area (Å²) in [5.74, 6) is -1.10. The lowest BCUT2D eigenvalue weighted by Gasteiger charge is -2.43. The molecule has 0 aromatic carbocycles. The van der Waals surface area contributed by atoms with Gasteiger partial charge < -0.3 is 4.90 Å². The molecule has 0 radical (unpaired) electrons. The van der Waals surface area contributed by atoms with Crippen molar-refractivity contribution in [1.82, 2.24) is 4.90 Å². The van der Waals surface area contributed by atoms with E-state index in [-0.39, 0.29) is 41.8 Å². The Hall–Kier alpha value is -2.60. The SMILES string of the molecule is CC(CC1C=C(C(F)(F)F)C(Cl)=CC1)C1CC(=O)C(=O)CN1C1=CC=CC(C2=CC=CCC=C2)C1. The molecule has 0 spiro atoms. The van der Waals surface area contributed by atoms with E-state index < -0.39 is 23.3 Å². The normalized spacial score (nSPS) is 28.3. The average molecular weight is 504 g/mol. The number of likely N-dealkylation sites (tertiary alicyclic amines) is 1. The largest absolute Gasteiger partial charge is 0.417 e. The van der Waals surface area contributed by atoms with E-state index in [9.17, 15) is 22.8 Å².